The summed E-state index contributed by atoms with van der Waals surface area (Å²) in [5.74, 6) is 2.72. The van der Waals surface area contributed by atoms with E-state index in [-0.39, 0.29) is 0 Å². The molecule has 1 heterocycles. The van der Waals surface area contributed by atoms with Crippen molar-refractivity contribution in [2.45, 2.75) is 18.9 Å². The summed E-state index contributed by atoms with van der Waals surface area (Å²) in [7, 11) is 1.99. The van der Waals surface area contributed by atoms with Crippen molar-refractivity contribution in [1.82, 2.24) is 9.78 Å². The number of thioether (sulfide) groups is 1. The van der Waals surface area contributed by atoms with Gasteiger partial charge in [0.25, 0.3) is 0 Å². The smallest absolute Gasteiger partial charge is 0.0939 e. The van der Waals surface area contributed by atoms with Crippen LogP contribution in [-0.4, -0.2) is 21.3 Å². The van der Waals surface area contributed by atoms with Crippen molar-refractivity contribution < 1.29 is 0 Å². The van der Waals surface area contributed by atoms with Gasteiger partial charge in [-0.1, -0.05) is 6.92 Å². The normalized spacial score (nSPS) is 13.2. The van der Waals surface area contributed by atoms with E-state index in [1.165, 1.54) is 5.03 Å². The standard InChI is InChI=1S/C9H16N2S2/c1-7(5-12)6-13-9-4-8(2)10-11(9)3/h4,7,12H,5-6H2,1-3H3. The lowest BCUT2D eigenvalue weighted by molar-refractivity contribution is 0.689. The molecule has 0 N–H and O–H groups in total. The fraction of sp³-hybridized carbons (Fsp3) is 0.667. The lowest BCUT2D eigenvalue weighted by Crippen LogP contribution is -2.01. The summed E-state index contributed by atoms with van der Waals surface area (Å²) in [6, 6.07) is 2.12. The first-order chi connectivity index (χ1) is 6.13. The van der Waals surface area contributed by atoms with Gasteiger partial charge >= 0.3 is 0 Å². The molecule has 0 aliphatic heterocycles. The lowest BCUT2D eigenvalue weighted by Gasteiger charge is -2.06. The Balaban J connectivity index is 2.49. The van der Waals surface area contributed by atoms with Crippen molar-refractivity contribution >= 4 is 24.4 Å². The molecular formula is C9H16N2S2. The Hall–Kier alpha value is -0.0900. The summed E-state index contributed by atoms with van der Waals surface area (Å²) in [6.07, 6.45) is 0. The Bertz CT molecular complexity index is 271. The van der Waals surface area contributed by atoms with Crippen LogP contribution in [0.5, 0.6) is 0 Å². The third-order valence-electron chi connectivity index (χ3n) is 1.79. The van der Waals surface area contributed by atoms with Crippen LogP contribution in [0.15, 0.2) is 11.1 Å². The molecule has 1 rings (SSSR count). The summed E-state index contributed by atoms with van der Waals surface area (Å²) in [5, 5.41) is 5.53. The van der Waals surface area contributed by atoms with E-state index in [2.05, 4.69) is 30.7 Å². The molecule has 4 heteroatoms. The average Bonchev–Trinajstić information content (AvgIpc) is 2.41. The van der Waals surface area contributed by atoms with Crippen LogP contribution in [0.25, 0.3) is 0 Å². The number of nitrogens with zero attached hydrogens (tertiary/aromatic N) is 2. The molecule has 0 saturated carbocycles. The molecule has 0 aliphatic carbocycles. The van der Waals surface area contributed by atoms with Gasteiger partial charge in [-0.05, 0) is 24.7 Å². The van der Waals surface area contributed by atoms with Gasteiger partial charge in [-0.2, -0.15) is 17.7 Å². The zero-order valence-corrected chi connectivity index (χ0v) is 10.0. The van der Waals surface area contributed by atoms with Crippen LogP contribution in [0, 0.1) is 12.8 Å². The van der Waals surface area contributed by atoms with Crippen molar-refractivity contribution in [1.29, 1.82) is 0 Å². The predicted molar refractivity (Wildman–Crippen MR) is 61.7 cm³/mol. The van der Waals surface area contributed by atoms with Crippen LogP contribution in [0.2, 0.25) is 0 Å². The number of hydrogen-bond acceptors (Lipinski definition) is 3. The third-order valence-corrected chi connectivity index (χ3v) is 3.82. The minimum absolute atomic E-state index is 0.656. The quantitative estimate of drug-likeness (QED) is 0.615. The van der Waals surface area contributed by atoms with Crippen LogP contribution in [0.4, 0.5) is 0 Å². The summed E-state index contributed by atoms with van der Waals surface area (Å²) in [5.41, 5.74) is 1.09. The lowest BCUT2D eigenvalue weighted by atomic mass is 10.3. The first-order valence-corrected chi connectivity index (χ1v) is 5.99. The molecule has 1 unspecified atom stereocenters. The SMILES string of the molecule is Cc1cc(SCC(C)CS)n(C)n1. The highest BCUT2D eigenvalue weighted by Gasteiger charge is 2.05. The molecule has 0 saturated heterocycles. The van der Waals surface area contributed by atoms with Crippen molar-refractivity contribution in [2.24, 2.45) is 13.0 Å². The zero-order valence-electron chi connectivity index (χ0n) is 8.32. The van der Waals surface area contributed by atoms with Crippen LogP contribution in [0.3, 0.4) is 0 Å². The molecule has 0 radical (unpaired) electrons. The molecule has 0 aliphatic rings. The summed E-state index contributed by atoms with van der Waals surface area (Å²) >= 11 is 6.11. The summed E-state index contributed by atoms with van der Waals surface area (Å²) in [4.78, 5) is 0. The molecule has 0 spiro atoms. The maximum atomic E-state index is 4.29. The third kappa shape index (κ3) is 3.27. The highest BCUT2D eigenvalue weighted by atomic mass is 32.2. The molecular weight excluding hydrogens is 200 g/mol. The van der Waals surface area contributed by atoms with Gasteiger partial charge in [-0.3, -0.25) is 4.68 Å². The van der Waals surface area contributed by atoms with Gasteiger partial charge in [0.15, 0.2) is 0 Å². The number of aryl methyl sites for hydroxylation is 2. The maximum Gasteiger partial charge on any atom is 0.0939 e. The number of thiol groups is 1. The fourth-order valence-electron chi connectivity index (χ4n) is 1.00. The van der Waals surface area contributed by atoms with E-state index < -0.39 is 0 Å². The van der Waals surface area contributed by atoms with E-state index in [1.807, 2.05) is 30.4 Å². The van der Waals surface area contributed by atoms with Crippen LogP contribution in [0.1, 0.15) is 12.6 Å². The molecule has 1 aromatic heterocycles. The molecule has 0 bridgehead atoms. The minimum Gasteiger partial charge on any atom is -0.262 e. The molecule has 1 atom stereocenters. The molecule has 0 fully saturated rings. The van der Waals surface area contributed by atoms with Gasteiger partial charge in [-0.25, -0.2) is 0 Å². The first-order valence-electron chi connectivity index (χ1n) is 4.37. The highest BCUT2D eigenvalue weighted by molar-refractivity contribution is 7.99. The second kappa shape index (κ2) is 4.96. The van der Waals surface area contributed by atoms with Gasteiger partial charge in [0.05, 0.1) is 10.7 Å². The summed E-state index contributed by atoms with van der Waals surface area (Å²) in [6.45, 7) is 4.23. The van der Waals surface area contributed by atoms with E-state index in [0.29, 0.717) is 5.92 Å². The largest absolute Gasteiger partial charge is 0.262 e. The fourth-order valence-corrected chi connectivity index (χ4v) is 2.36. The monoisotopic (exact) mass is 216 g/mol. The first kappa shape index (κ1) is 11.0. The minimum atomic E-state index is 0.656. The summed E-state index contributed by atoms with van der Waals surface area (Å²) < 4.78 is 1.94. The van der Waals surface area contributed by atoms with Crippen LogP contribution < -0.4 is 0 Å². The van der Waals surface area contributed by atoms with Crippen molar-refractivity contribution in [3.05, 3.63) is 11.8 Å². The zero-order chi connectivity index (χ0) is 9.84. The molecule has 1 aromatic rings. The van der Waals surface area contributed by atoms with Gasteiger partial charge in [0.2, 0.25) is 0 Å². The predicted octanol–water partition coefficient (Wildman–Crippen LogP) is 2.39. The topological polar surface area (TPSA) is 17.8 Å². The van der Waals surface area contributed by atoms with Gasteiger partial charge in [0, 0.05) is 12.8 Å². The Morgan fingerprint density at radius 1 is 1.69 bits per heavy atom. The van der Waals surface area contributed by atoms with Crippen LogP contribution in [-0.2, 0) is 7.05 Å². The Morgan fingerprint density at radius 3 is 2.85 bits per heavy atom. The Labute approximate surface area is 89.5 Å². The molecule has 74 valence electrons. The highest BCUT2D eigenvalue weighted by Crippen LogP contribution is 2.21. The molecule has 2 nitrogen and oxygen atoms in total. The number of hydrogen-bond donors (Lipinski definition) is 1. The van der Waals surface area contributed by atoms with Gasteiger partial charge < -0.3 is 0 Å². The second-order valence-electron chi connectivity index (χ2n) is 3.35. The Kier molecular flexibility index (Phi) is 4.19. The Morgan fingerprint density at radius 2 is 2.38 bits per heavy atom. The number of rotatable bonds is 4. The van der Waals surface area contributed by atoms with E-state index in [0.717, 1.165) is 17.2 Å². The molecule has 13 heavy (non-hydrogen) atoms. The van der Waals surface area contributed by atoms with Crippen molar-refractivity contribution in [3.63, 3.8) is 0 Å². The molecule has 0 aromatic carbocycles. The van der Waals surface area contributed by atoms with Crippen molar-refractivity contribution in [3.8, 4) is 0 Å². The number of aromatic nitrogens is 2. The van der Waals surface area contributed by atoms with E-state index in [4.69, 9.17) is 0 Å². The van der Waals surface area contributed by atoms with Gasteiger partial charge in [0.1, 0.15) is 0 Å². The van der Waals surface area contributed by atoms with Crippen molar-refractivity contribution in [2.75, 3.05) is 11.5 Å². The second-order valence-corrected chi connectivity index (χ2v) is 4.75. The maximum absolute atomic E-state index is 4.29. The average molecular weight is 216 g/mol. The van der Waals surface area contributed by atoms with Gasteiger partial charge in [-0.15, -0.1) is 11.8 Å². The molecule has 0 amide bonds. The van der Waals surface area contributed by atoms with E-state index >= 15 is 0 Å². The van der Waals surface area contributed by atoms with Crippen LogP contribution >= 0.6 is 24.4 Å². The van der Waals surface area contributed by atoms with E-state index in [1.54, 1.807) is 0 Å². The van der Waals surface area contributed by atoms with E-state index in [9.17, 15) is 0 Å².